The van der Waals surface area contributed by atoms with Crippen LogP contribution in [-0.2, 0) is 9.13 Å². The fourth-order valence-electron chi connectivity index (χ4n) is 1.01. The van der Waals surface area contributed by atoms with Gasteiger partial charge in [-0.1, -0.05) is 35.3 Å². The summed E-state index contributed by atoms with van der Waals surface area (Å²) < 4.78 is -2.32. The van der Waals surface area contributed by atoms with Crippen LogP contribution in [0.5, 0.6) is 0 Å². The summed E-state index contributed by atoms with van der Waals surface area (Å²) in [7, 11) is 0. The summed E-state index contributed by atoms with van der Waals surface area (Å²) >= 11 is 11.0. The second-order valence-electron chi connectivity index (χ2n) is 2.65. The number of hydrogen-bond acceptors (Lipinski definition) is 3. The lowest BCUT2D eigenvalue weighted by atomic mass is 10.1. The molecule has 0 heterocycles. The number of aliphatic carboxylic acids is 1. The van der Waals surface area contributed by atoms with Crippen LogP contribution in [0.3, 0.4) is 0 Å². The molecule has 5 nitrogen and oxygen atoms in total. The van der Waals surface area contributed by atoms with Crippen molar-refractivity contribution in [2.24, 2.45) is 0 Å². The highest BCUT2D eigenvalue weighted by Crippen LogP contribution is 2.39. The van der Waals surface area contributed by atoms with Crippen LogP contribution in [0.25, 0.3) is 0 Å². The predicted molar refractivity (Wildman–Crippen MR) is 54.1 cm³/mol. The highest BCUT2D eigenvalue weighted by molar-refractivity contribution is 6.56. The maximum Gasteiger partial charge on any atom is 0.345 e. The molecule has 0 amide bonds. The minimum absolute atomic E-state index is 0.258. The largest absolute Gasteiger partial charge is 0.479 e. The van der Waals surface area contributed by atoms with Crippen molar-refractivity contribution in [1.82, 2.24) is 0 Å². The zero-order chi connectivity index (χ0) is 11.6. The molecule has 0 aromatic heterocycles. The molecule has 0 unspecified atom stereocenters. The van der Waals surface area contributed by atoms with E-state index in [9.17, 15) is 14.9 Å². The van der Waals surface area contributed by atoms with Crippen LogP contribution in [0.4, 0.5) is 5.69 Å². The second-order valence-corrected chi connectivity index (χ2v) is 3.98. The van der Waals surface area contributed by atoms with Crippen molar-refractivity contribution in [3.8, 4) is 0 Å². The first-order chi connectivity index (χ1) is 6.87. The molecule has 0 bridgehead atoms. The van der Waals surface area contributed by atoms with Crippen molar-refractivity contribution in [3.63, 3.8) is 0 Å². The number of alkyl halides is 2. The number of halogens is 2. The lowest BCUT2D eigenvalue weighted by Crippen LogP contribution is -2.23. The minimum atomic E-state index is -2.32. The summed E-state index contributed by atoms with van der Waals surface area (Å²) in [5.74, 6) is -1.56. The Morgan fingerprint density at radius 1 is 1.40 bits per heavy atom. The molecule has 0 aliphatic heterocycles. The van der Waals surface area contributed by atoms with Crippen molar-refractivity contribution in [2.75, 3.05) is 0 Å². The Bertz CT molecular complexity index is 419. The monoisotopic (exact) mass is 249 g/mol. The molecule has 0 atom stereocenters. The predicted octanol–water partition coefficient (Wildman–Crippen LogP) is 2.31. The van der Waals surface area contributed by atoms with E-state index in [-0.39, 0.29) is 5.56 Å². The Morgan fingerprint density at radius 3 is 2.40 bits per heavy atom. The first-order valence-electron chi connectivity index (χ1n) is 3.72. The van der Waals surface area contributed by atoms with E-state index < -0.39 is 20.9 Å². The number of benzene rings is 1. The number of nitro benzene ring substituents is 1. The molecule has 1 aromatic rings. The highest BCUT2D eigenvalue weighted by atomic mass is 35.5. The van der Waals surface area contributed by atoms with E-state index in [0.29, 0.717) is 0 Å². The summed E-state index contributed by atoms with van der Waals surface area (Å²) in [6.07, 6.45) is 0. The Morgan fingerprint density at radius 2 is 1.93 bits per heavy atom. The number of nitrogens with zero attached hydrogens (tertiary/aromatic N) is 1. The van der Waals surface area contributed by atoms with Gasteiger partial charge >= 0.3 is 5.97 Å². The highest BCUT2D eigenvalue weighted by Gasteiger charge is 2.41. The standard InChI is InChI=1S/C8H5Cl2NO4/c9-8(10,7(12)13)5-3-1-2-4-6(5)11(14)15/h1-4H,(H,12,13). The van der Waals surface area contributed by atoms with E-state index in [1.54, 1.807) is 0 Å². The molecule has 0 aliphatic rings. The summed E-state index contributed by atoms with van der Waals surface area (Å²) in [6.45, 7) is 0. The van der Waals surface area contributed by atoms with Gasteiger partial charge in [0.05, 0.1) is 10.5 Å². The average Bonchev–Trinajstić information content (AvgIpc) is 2.17. The molecule has 1 N–H and O–H groups in total. The topological polar surface area (TPSA) is 80.4 Å². The number of rotatable bonds is 3. The number of para-hydroxylation sites is 1. The molecule has 0 aliphatic carbocycles. The third-order valence-electron chi connectivity index (χ3n) is 1.71. The van der Waals surface area contributed by atoms with Crippen LogP contribution >= 0.6 is 23.2 Å². The van der Waals surface area contributed by atoms with E-state index in [4.69, 9.17) is 28.3 Å². The van der Waals surface area contributed by atoms with Crippen LogP contribution in [0.2, 0.25) is 0 Å². The minimum Gasteiger partial charge on any atom is -0.479 e. The van der Waals surface area contributed by atoms with E-state index in [1.807, 2.05) is 0 Å². The van der Waals surface area contributed by atoms with Crippen LogP contribution in [0.1, 0.15) is 5.56 Å². The molecule has 0 fully saturated rings. The van der Waals surface area contributed by atoms with E-state index in [0.717, 1.165) is 6.07 Å². The van der Waals surface area contributed by atoms with Crippen molar-refractivity contribution in [2.45, 2.75) is 4.33 Å². The third kappa shape index (κ3) is 2.19. The van der Waals surface area contributed by atoms with Crippen LogP contribution in [0.15, 0.2) is 24.3 Å². The van der Waals surface area contributed by atoms with Gasteiger partial charge in [0, 0.05) is 6.07 Å². The fourth-order valence-corrected chi connectivity index (χ4v) is 1.33. The molecule has 15 heavy (non-hydrogen) atoms. The van der Waals surface area contributed by atoms with Crippen molar-refractivity contribution in [1.29, 1.82) is 0 Å². The van der Waals surface area contributed by atoms with Gasteiger partial charge in [0.15, 0.2) is 0 Å². The van der Waals surface area contributed by atoms with E-state index >= 15 is 0 Å². The number of carbonyl (C=O) groups is 1. The molecule has 7 heteroatoms. The first kappa shape index (κ1) is 11.7. The Kier molecular flexibility index (Phi) is 3.16. The number of carboxylic acid groups (broad SMARTS) is 1. The second kappa shape index (κ2) is 4.04. The summed E-state index contributed by atoms with van der Waals surface area (Å²) in [5.41, 5.74) is -0.685. The van der Waals surface area contributed by atoms with Crippen molar-refractivity contribution < 1.29 is 14.8 Å². The Labute approximate surface area is 94.4 Å². The van der Waals surface area contributed by atoms with Gasteiger partial charge in [0.25, 0.3) is 5.69 Å². The van der Waals surface area contributed by atoms with Gasteiger partial charge in [-0.25, -0.2) is 4.79 Å². The molecule has 1 aromatic carbocycles. The smallest absolute Gasteiger partial charge is 0.345 e. The lowest BCUT2D eigenvalue weighted by Gasteiger charge is -2.13. The third-order valence-corrected chi connectivity index (χ3v) is 2.44. The fraction of sp³-hybridized carbons (Fsp3) is 0.125. The average molecular weight is 250 g/mol. The normalized spacial score (nSPS) is 11.1. The van der Waals surface area contributed by atoms with Gasteiger partial charge in [-0.05, 0) is 6.07 Å². The first-order valence-corrected chi connectivity index (χ1v) is 4.48. The summed E-state index contributed by atoms with van der Waals surface area (Å²) in [5, 5.41) is 19.3. The Balaban J connectivity index is 3.37. The zero-order valence-corrected chi connectivity index (χ0v) is 8.70. The molecule has 80 valence electrons. The molecule has 0 saturated carbocycles. The van der Waals surface area contributed by atoms with Gasteiger partial charge in [0.1, 0.15) is 0 Å². The molecule has 0 saturated heterocycles. The number of hydrogen-bond donors (Lipinski definition) is 1. The van der Waals surface area contributed by atoms with Crippen LogP contribution in [-0.4, -0.2) is 16.0 Å². The van der Waals surface area contributed by atoms with Crippen LogP contribution < -0.4 is 0 Å². The molecule has 0 spiro atoms. The molecular formula is C8H5Cl2NO4. The number of carboxylic acids is 1. The molecular weight excluding hydrogens is 245 g/mol. The van der Waals surface area contributed by atoms with E-state index in [2.05, 4.69) is 0 Å². The van der Waals surface area contributed by atoms with Crippen molar-refractivity contribution >= 4 is 34.9 Å². The lowest BCUT2D eigenvalue weighted by molar-refractivity contribution is -0.385. The summed E-state index contributed by atoms with van der Waals surface area (Å²) in [4.78, 5) is 20.6. The van der Waals surface area contributed by atoms with E-state index in [1.165, 1.54) is 18.2 Å². The van der Waals surface area contributed by atoms with Crippen LogP contribution in [0, 0.1) is 10.1 Å². The SMILES string of the molecule is O=C(O)C(Cl)(Cl)c1ccccc1[N+](=O)[O-]. The van der Waals surface area contributed by atoms with Gasteiger partial charge in [-0.2, -0.15) is 0 Å². The number of nitro groups is 1. The quantitative estimate of drug-likeness (QED) is 0.507. The van der Waals surface area contributed by atoms with Gasteiger partial charge < -0.3 is 5.11 Å². The maximum atomic E-state index is 10.7. The zero-order valence-electron chi connectivity index (χ0n) is 7.18. The maximum absolute atomic E-state index is 10.7. The van der Waals surface area contributed by atoms with Gasteiger partial charge in [0.2, 0.25) is 4.33 Å². The van der Waals surface area contributed by atoms with Gasteiger partial charge in [-0.15, -0.1) is 0 Å². The Hall–Kier alpha value is -1.33. The molecule has 0 radical (unpaired) electrons. The van der Waals surface area contributed by atoms with Gasteiger partial charge in [-0.3, -0.25) is 10.1 Å². The summed E-state index contributed by atoms with van der Waals surface area (Å²) in [6, 6.07) is 5.15. The van der Waals surface area contributed by atoms with Crippen molar-refractivity contribution in [3.05, 3.63) is 39.9 Å². The molecule has 1 rings (SSSR count).